The number of nitrogens with zero attached hydrogens (tertiary/aromatic N) is 2. The van der Waals surface area contributed by atoms with E-state index in [0.29, 0.717) is 25.4 Å². The van der Waals surface area contributed by atoms with E-state index in [1.165, 1.54) is 4.31 Å². The molecule has 0 spiro atoms. The van der Waals surface area contributed by atoms with Crippen molar-refractivity contribution in [2.45, 2.75) is 17.6 Å². The van der Waals surface area contributed by atoms with Crippen LogP contribution in [0.5, 0.6) is 0 Å². The first-order valence-electron chi connectivity index (χ1n) is 5.57. The summed E-state index contributed by atoms with van der Waals surface area (Å²) in [6, 6.07) is 0. The molecule has 18 heavy (non-hydrogen) atoms. The second-order valence-corrected chi connectivity index (χ2v) is 8.03. The molecule has 8 heteroatoms. The standard InChI is InChI=1S/C10H15ClN2O3S2/c1-7-9(17-10(11)12-7)18(14,15)13-4-3-8(5-13)6-16-2/h8H,3-6H2,1-2H3. The van der Waals surface area contributed by atoms with E-state index in [0.717, 1.165) is 17.8 Å². The fraction of sp³-hybridized carbons (Fsp3) is 0.700. The maximum absolute atomic E-state index is 12.4. The zero-order chi connectivity index (χ0) is 13.3. The van der Waals surface area contributed by atoms with Gasteiger partial charge in [-0.3, -0.25) is 0 Å². The van der Waals surface area contributed by atoms with Gasteiger partial charge < -0.3 is 4.74 Å². The highest BCUT2D eigenvalue weighted by Gasteiger charge is 2.34. The lowest BCUT2D eigenvalue weighted by molar-refractivity contribution is 0.157. The minimum Gasteiger partial charge on any atom is -0.384 e. The smallest absolute Gasteiger partial charge is 0.254 e. The summed E-state index contributed by atoms with van der Waals surface area (Å²) in [4.78, 5) is 3.96. The number of rotatable bonds is 4. The Morgan fingerprint density at radius 1 is 1.61 bits per heavy atom. The molecular weight excluding hydrogens is 296 g/mol. The van der Waals surface area contributed by atoms with E-state index in [1.807, 2.05) is 0 Å². The summed E-state index contributed by atoms with van der Waals surface area (Å²) in [6.45, 7) is 3.29. The van der Waals surface area contributed by atoms with Crippen molar-refractivity contribution in [2.75, 3.05) is 26.8 Å². The van der Waals surface area contributed by atoms with Crippen LogP contribution in [0, 0.1) is 12.8 Å². The summed E-state index contributed by atoms with van der Waals surface area (Å²) in [5.41, 5.74) is 0.472. The van der Waals surface area contributed by atoms with Crippen molar-refractivity contribution in [1.82, 2.24) is 9.29 Å². The fourth-order valence-corrected chi connectivity index (χ4v) is 5.50. The van der Waals surface area contributed by atoms with Gasteiger partial charge in [0.15, 0.2) is 8.68 Å². The Kier molecular flexibility index (Phi) is 4.28. The minimum absolute atomic E-state index is 0.255. The first kappa shape index (κ1) is 14.2. The lowest BCUT2D eigenvalue weighted by atomic mass is 10.1. The van der Waals surface area contributed by atoms with Crippen molar-refractivity contribution >= 4 is 33.0 Å². The molecule has 1 aromatic heterocycles. The van der Waals surface area contributed by atoms with Crippen LogP contribution < -0.4 is 0 Å². The molecule has 2 heterocycles. The maximum Gasteiger partial charge on any atom is 0.254 e. The Morgan fingerprint density at radius 3 is 2.89 bits per heavy atom. The molecule has 5 nitrogen and oxygen atoms in total. The molecular formula is C10H15ClN2O3S2. The quantitative estimate of drug-likeness (QED) is 0.850. The third-order valence-corrected chi connectivity index (χ3v) is 6.67. The second-order valence-electron chi connectivity index (χ2n) is 4.31. The maximum atomic E-state index is 12.4. The fourth-order valence-electron chi connectivity index (χ4n) is 2.09. The predicted molar refractivity (Wildman–Crippen MR) is 70.6 cm³/mol. The van der Waals surface area contributed by atoms with Crippen LogP contribution in [0.2, 0.25) is 4.47 Å². The van der Waals surface area contributed by atoms with E-state index in [1.54, 1.807) is 14.0 Å². The van der Waals surface area contributed by atoms with Gasteiger partial charge in [0.1, 0.15) is 0 Å². The first-order valence-corrected chi connectivity index (χ1v) is 8.20. The number of ether oxygens (including phenoxy) is 1. The number of methoxy groups -OCH3 is 1. The van der Waals surface area contributed by atoms with Crippen LogP contribution in [0.1, 0.15) is 12.1 Å². The summed E-state index contributed by atoms with van der Waals surface area (Å²) in [6.07, 6.45) is 0.832. The Labute approximate surface area is 116 Å². The first-order chi connectivity index (χ1) is 8.45. The van der Waals surface area contributed by atoms with Gasteiger partial charge in [-0.2, -0.15) is 4.31 Å². The molecule has 0 bridgehead atoms. The van der Waals surface area contributed by atoms with Gasteiger partial charge in [0, 0.05) is 20.2 Å². The molecule has 0 saturated carbocycles. The third kappa shape index (κ3) is 2.70. The van der Waals surface area contributed by atoms with E-state index in [9.17, 15) is 8.42 Å². The molecule has 0 aromatic carbocycles. The van der Waals surface area contributed by atoms with Crippen molar-refractivity contribution in [2.24, 2.45) is 5.92 Å². The molecule has 0 amide bonds. The minimum atomic E-state index is -3.45. The summed E-state index contributed by atoms with van der Waals surface area (Å²) < 4.78 is 31.9. The number of halogens is 1. The highest BCUT2D eigenvalue weighted by molar-refractivity contribution is 7.91. The van der Waals surface area contributed by atoms with Crippen LogP contribution in [-0.4, -0.2) is 44.5 Å². The summed E-state index contributed by atoms with van der Waals surface area (Å²) >= 11 is 6.78. The number of hydrogen-bond donors (Lipinski definition) is 0. The third-order valence-electron chi connectivity index (χ3n) is 2.95. The average Bonchev–Trinajstić information content (AvgIpc) is 2.86. The Bertz CT molecular complexity index is 529. The zero-order valence-corrected chi connectivity index (χ0v) is 12.6. The lowest BCUT2D eigenvalue weighted by Crippen LogP contribution is -2.29. The van der Waals surface area contributed by atoms with E-state index >= 15 is 0 Å². The van der Waals surface area contributed by atoms with Crippen LogP contribution in [0.3, 0.4) is 0 Å². The van der Waals surface area contributed by atoms with Gasteiger partial charge >= 0.3 is 0 Å². The number of aromatic nitrogens is 1. The molecule has 1 atom stereocenters. The Hall–Kier alpha value is -0.210. The van der Waals surface area contributed by atoms with Crippen LogP contribution in [0.4, 0.5) is 0 Å². The molecule has 1 unspecified atom stereocenters. The van der Waals surface area contributed by atoms with Gasteiger partial charge in [-0.05, 0) is 19.3 Å². The van der Waals surface area contributed by atoms with Crippen LogP contribution in [0.15, 0.2) is 4.21 Å². The molecule has 1 saturated heterocycles. The normalized spacial score (nSPS) is 21.6. The van der Waals surface area contributed by atoms with Crippen molar-refractivity contribution in [3.63, 3.8) is 0 Å². The van der Waals surface area contributed by atoms with E-state index in [2.05, 4.69) is 4.98 Å². The van der Waals surface area contributed by atoms with Gasteiger partial charge in [0.05, 0.1) is 12.3 Å². The molecule has 0 radical (unpaired) electrons. The van der Waals surface area contributed by atoms with Crippen molar-refractivity contribution in [3.05, 3.63) is 10.2 Å². The van der Waals surface area contributed by atoms with E-state index in [-0.39, 0.29) is 14.6 Å². The second kappa shape index (κ2) is 5.42. The molecule has 1 aromatic rings. The average molecular weight is 311 g/mol. The topological polar surface area (TPSA) is 59.5 Å². The van der Waals surface area contributed by atoms with Crippen molar-refractivity contribution in [1.29, 1.82) is 0 Å². The molecule has 0 N–H and O–H groups in total. The van der Waals surface area contributed by atoms with Gasteiger partial charge in [0.25, 0.3) is 10.0 Å². The van der Waals surface area contributed by atoms with Gasteiger partial charge in [0.2, 0.25) is 0 Å². The van der Waals surface area contributed by atoms with E-state index in [4.69, 9.17) is 16.3 Å². The van der Waals surface area contributed by atoms with Gasteiger partial charge in [-0.15, -0.1) is 0 Å². The van der Waals surface area contributed by atoms with E-state index < -0.39 is 10.0 Å². The summed E-state index contributed by atoms with van der Waals surface area (Å²) in [7, 11) is -1.82. The number of thiazole rings is 1. The van der Waals surface area contributed by atoms with Crippen LogP contribution in [-0.2, 0) is 14.8 Å². The highest BCUT2D eigenvalue weighted by Crippen LogP contribution is 2.32. The lowest BCUT2D eigenvalue weighted by Gasteiger charge is -2.15. The molecule has 1 aliphatic rings. The monoisotopic (exact) mass is 310 g/mol. The molecule has 0 aliphatic carbocycles. The Balaban J connectivity index is 2.20. The number of hydrogen-bond acceptors (Lipinski definition) is 5. The zero-order valence-electron chi connectivity index (χ0n) is 10.2. The highest BCUT2D eigenvalue weighted by atomic mass is 35.5. The van der Waals surface area contributed by atoms with Gasteiger partial charge in [-0.1, -0.05) is 22.9 Å². The van der Waals surface area contributed by atoms with Crippen LogP contribution >= 0.6 is 22.9 Å². The van der Waals surface area contributed by atoms with Crippen LogP contribution in [0.25, 0.3) is 0 Å². The SMILES string of the molecule is COCC1CCN(S(=O)(=O)c2sc(Cl)nc2C)C1. The molecule has 102 valence electrons. The van der Waals surface area contributed by atoms with Crippen molar-refractivity contribution in [3.8, 4) is 0 Å². The van der Waals surface area contributed by atoms with Gasteiger partial charge in [-0.25, -0.2) is 13.4 Å². The number of aryl methyl sites for hydroxylation is 1. The largest absolute Gasteiger partial charge is 0.384 e. The molecule has 1 fully saturated rings. The number of sulfonamides is 1. The summed E-state index contributed by atoms with van der Waals surface area (Å²) in [5, 5.41) is 0. The molecule has 2 rings (SSSR count). The van der Waals surface area contributed by atoms with Crippen molar-refractivity contribution < 1.29 is 13.2 Å². The molecule has 1 aliphatic heterocycles. The summed E-state index contributed by atoms with van der Waals surface area (Å²) in [5.74, 6) is 0.272. The predicted octanol–water partition coefficient (Wildman–Crippen LogP) is 1.76. The Morgan fingerprint density at radius 2 is 2.33 bits per heavy atom.